The van der Waals surface area contributed by atoms with Crippen molar-refractivity contribution in [2.24, 2.45) is 11.3 Å². The van der Waals surface area contributed by atoms with Gasteiger partial charge in [-0.3, -0.25) is 4.79 Å². The van der Waals surface area contributed by atoms with Gasteiger partial charge in [0.15, 0.2) is 5.79 Å². The fourth-order valence-electron chi connectivity index (χ4n) is 4.86. The Bertz CT molecular complexity index is 879. The molecule has 0 aromatic carbocycles. The number of nitrogens with zero attached hydrogens (tertiary/aromatic N) is 3. The molecule has 1 saturated heterocycles. The van der Waals surface area contributed by atoms with Gasteiger partial charge < -0.3 is 14.0 Å². The Labute approximate surface area is 144 Å². The monoisotopic (exact) mass is 347 g/mol. The van der Waals surface area contributed by atoms with Gasteiger partial charge in [-0.25, -0.2) is 9.97 Å². The Morgan fingerprint density at radius 3 is 2.92 bits per heavy atom. The smallest absolute Gasteiger partial charge is 0.163 e. The van der Waals surface area contributed by atoms with Gasteiger partial charge in [0.25, 0.3) is 0 Å². The molecule has 3 fully saturated rings. The summed E-state index contributed by atoms with van der Waals surface area (Å²) in [7, 11) is 0. The van der Waals surface area contributed by atoms with E-state index in [-0.39, 0.29) is 30.0 Å². The van der Waals surface area contributed by atoms with Gasteiger partial charge in [0.2, 0.25) is 0 Å². The van der Waals surface area contributed by atoms with Crippen molar-refractivity contribution in [3.05, 3.63) is 23.7 Å². The van der Waals surface area contributed by atoms with E-state index in [1.165, 1.54) is 6.33 Å². The zero-order chi connectivity index (χ0) is 16.9. The highest BCUT2D eigenvalue weighted by molar-refractivity contribution is 6.33. The summed E-state index contributed by atoms with van der Waals surface area (Å²) in [5, 5.41) is 1.25. The van der Waals surface area contributed by atoms with Crippen molar-refractivity contribution in [2.75, 3.05) is 0 Å². The molecule has 2 aliphatic carbocycles. The Morgan fingerprint density at radius 1 is 1.38 bits per heavy atom. The van der Waals surface area contributed by atoms with Gasteiger partial charge in [-0.2, -0.15) is 0 Å². The molecule has 0 spiro atoms. The number of carbonyl (C=O) groups excluding carboxylic acids is 1. The first-order valence-electron chi connectivity index (χ1n) is 8.19. The third-order valence-electron chi connectivity index (χ3n) is 5.88. The van der Waals surface area contributed by atoms with Crippen LogP contribution in [0.4, 0.5) is 0 Å². The lowest BCUT2D eigenvalue weighted by molar-refractivity contribution is -0.163. The molecule has 5 rings (SSSR count). The van der Waals surface area contributed by atoms with E-state index in [9.17, 15) is 4.79 Å². The maximum absolute atomic E-state index is 12.4. The molecule has 7 heteroatoms. The van der Waals surface area contributed by atoms with E-state index < -0.39 is 11.2 Å². The number of Topliss-reactive ketones (excluding diaryl/α,β-unsaturated/α-hetero) is 1. The van der Waals surface area contributed by atoms with Crippen LogP contribution in [-0.4, -0.2) is 38.3 Å². The highest BCUT2D eigenvalue weighted by Crippen LogP contribution is 2.71. The lowest BCUT2D eigenvalue weighted by Crippen LogP contribution is -2.34. The summed E-state index contributed by atoms with van der Waals surface area (Å²) in [5.74, 6) is -0.278. The normalized spacial score (nSPS) is 39.0. The topological polar surface area (TPSA) is 66.2 Å². The minimum absolute atomic E-state index is 0.0177. The summed E-state index contributed by atoms with van der Waals surface area (Å²) in [5.41, 5.74) is 0.356. The highest BCUT2D eigenvalue weighted by atomic mass is 35.5. The Hall–Kier alpha value is -1.50. The largest absolute Gasteiger partial charge is 0.343 e. The van der Waals surface area contributed by atoms with E-state index >= 15 is 0 Å². The molecule has 3 aliphatic rings. The molecule has 0 N–H and O–H groups in total. The minimum atomic E-state index is -0.681. The minimum Gasteiger partial charge on any atom is -0.343 e. The second-order valence-corrected chi connectivity index (χ2v) is 7.90. The summed E-state index contributed by atoms with van der Waals surface area (Å²) >= 11 is 6.18. The first kappa shape index (κ1) is 14.8. The van der Waals surface area contributed by atoms with Gasteiger partial charge in [-0.1, -0.05) is 11.6 Å². The molecule has 2 aromatic rings. The number of rotatable bonds is 2. The molecule has 3 heterocycles. The Morgan fingerprint density at radius 2 is 2.17 bits per heavy atom. The molecule has 24 heavy (non-hydrogen) atoms. The Kier molecular flexibility index (Phi) is 2.69. The summed E-state index contributed by atoms with van der Waals surface area (Å²) in [4.78, 5) is 20.8. The summed E-state index contributed by atoms with van der Waals surface area (Å²) in [6, 6.07) is 1.94. The van der Waals surface area contributed by atoms with Crippen LogP contribution in [0.25, 0.3) is 11.0 Å². The van der Waals surface area contributed by atoms with E-state index in [1.807, 2.05) is 26.1 Å². The third kappa shape index (κ3) is 1.66. The van der Waals surface area contributed by atoms with Crippen LogP contribution in [0.2, 0.25) is 5.15 Å². The average Bonchev–Trinajstić information content (AvgIpc) is 2.81. The number of hydrogen-bond acceptors (Lipinski definition) is 5. The first-order valence-corrected chi connectivity index (χ1v) is 8.57. The summed E-state index contributed by atoms with van der Waals surface area (Å²) < 4.78 is 14.4. The van der Waals surface area contributed by atoms with Crippen LogP contribution in [0.15, 0.2) is 18.6 Å². The predicted octanol–water partition coefficient (Wildman–Crippen LogP) is 2.75. The number of fused-ring (bicyclic) bond motifs is 4. The number of aromatic nitrogens is 3. The van der Waals surface area contributed by atoms with Gasteiger partial charge >= 0.3 is 0 Å². The molecule has 2 aromatic heterocycles. The highest BCUT2D eigenvalue weighted by Gasteiger charge is 2.78. The third-order valence-corrected chi connectivity index (χ3v) is 6.18. The van der Waals surface area contributed by atoms with Gasteiger partial charge in [-0.05, 0) is 39.2 Å². The molecule has 1 aliphatic heterocycles. The maximum atomic E-state index is 12.4. The molecule has 2 saturated carbocycles. The second-order valence-electron chi connectivity index (χ2n) is 7.54. The van der Waals surface area contributed by atoms with Crippen LogP contribution in [0.3, 0.4) is 0 Å². The SMILES string of the molecule is CC(=O)[C@]12C[C@@H]1[C@@H](n1ccc3c(Cl)ncnc31)[C@@H]1OC(C)(C)O[C@@H]12. The summed E-state index contributed by atoms with van der Waals surface area (Å²) in [6.07, 6.45) is 3.92. The van der Waals surface area contributed by atoms with E-state index in [0.29, 0.717) is 5.15 Å². The molecule has 126 valence electrons. The lowest BCUT2D eigenvalue weighted by Gasteiger charge is -2.24. The molecule has 6 nitrogen and oxygen atoms in total. The van der Waals surface area contributed by atoms with Crippen LogP contribution in [-0.2, 0) is 14.3 Å². The van der Waals surface area contributed by atoms with Crippen LogP contribution in [0, 0.1) is 11.3 Å². The molecule has 0 unspecified atom stereocenters. The molecule has 0 radical (unpaired) electrons. The van der Waals surface area contributed by atoms with E-state index in [2.05, 4.69) is 14.5 Å². The number of halogens is 1. The zero-order valence-electron chi connectivity index (χ0n) is 13.7. The van der Waals surface area contributed by atoms with Gasteiger partial charge in [-0.15, -0.1) is 0 Å². The predicted molar refractivity (Wildman–Crippen MR) is 86.6 cm³/mol. The molecule has 0 amide bonds. The van der Waals surface area contributed by atoms with Crippen LogP contribution in [0.1, 0.15) is 33.2 Å². The summed E-state index contributed by atoms with van der Waals surface area (Å²) in [6.45, 7) is 5.47. The van der Waals surface area contributed by atoms with E-state index in [4.69, 9.17) is 21.1 Å². The van der Waals surface area contributed by atoms with Crippen molar-refractivity contribution in [1.82, 2.24) is 14.5 Å². The lowest BCUT2D eigenvalue weighted by atomic mass is 9.95. The zero-order valence-corrected chi connectivity index (χ0v) is 14.4. The second kappa shape index (κ2) is 4.36. The van der Waals surface area contributed by atoms with Crippen LogP contribution >= 0.6 is 11.6 Å². The van der Waals surface area contributed by atoms with Gasteiger partial charge in [0.1, 0.15) is 35.1 Å². The van der Waals surface area contributed by atoms with Crippen molar-refractivity contribution in [1.29, 1.82) is 0 Å². The van der Waals surface area contributed by atoms with Gasteiger partial charge in [0, 0.05) is 6.20 Å². The van der Waals surface area contributed by atoms with Crippen molar-refractivity contribution in [3.63, 3.8) is 0 Å². The standard InChI is InChI=1S/C17H18ClN3O3/c1-8(22)17-6-10(17)11(12-13(17)24-16(2,3)23-12)21-5-4-9-14(18)19-7-20-15(9)21/h4-5,7,10-13H,6H2,1-3H3/t10-,11-,12+,13+,17-/m1/s1. The van der Waals surface area contributed by atoms with Crippen molar-refractivity contribution < 1.29 is 14.3 Å². The quantitative estimate of drug-likeness (QED) is 0.781. The molecular weight excluding hydrogens is 330 g/mol. The number of ether oxygens (including phenoxy) is 2. The molecule has 5 atom stereocenters. The maximum Gasteiger partial charge on any atom is 0.163 e. The number of hydrogen-bond donors (Lipinski definition) is 0. The van der Waals surface area contributed by atoms with Crippen molar-refractivity contribution in [2.45, 2.75) is 51.2 Å². The number of ketones is 1. The van der Waals surface area contributed by atoms with Crippen LogP contribution in [0.5, 0.6) is 0 Å². The number of carbonyl (C=O) groups is 1. The molecule has 0 bridgehead atoms. The van der Waals surface area contributed by atoms with E-state index in [1.54, 1.807) is 6.92 Å². The fourth-order valence-corrected chi connectivity index (χ4v) is 5.05. The first-order chi connectivity index (χ1) is 11.3. The average molecular weight is 348 g/mol. The van der Waals surface area contributed by atoms with E-state index in [0.717, 1.165) is 17.5 Å². The van der Waals surface area contributed by atoms with Crippen molar-refractivity contribution >= 4 is 28.4 Å². The Balaban J connectivity index is 1.66. The van der Waals surface area contributed by atoms with Crippen LogP contribution < -0.4 is 0 Å². The molecular formula is C17H18ClN3O3. The van der Waals surface area contributed by atoms with Gasteiger partial charge in [0.05, 0.1) is 16.8 Å². The fraction of sp³-hybridized carbons (Fsp3) is 0.588. The van der Waals surface area contributed by atoms with Crippen molar-refractivity contribution in [3.8, 4) is 0 Å².